The van der Waals surface area contributed by atoms with E-state index in [1.807, 2.05) is 6.07 Å². The van der Waals surface area contributed by atoms with Crippen molar-refractivity contribution in [2.75, 3.05) is 0 Å². The van der Waals surface area contributed by atoms with Crippen LogP contribution in [0.5, 0.6) is 0 Å². The van der Waals surface area contributed by atoms with Gasteiger partial charge in [-0.05, 0) is 38.7 Å². The quantitative estimate of drug-likeness (QED) is 0.249. The van der Waals surface area contributed by atoms with Crippen LogP contribution in [0.3, 0.4) is 0 Å². The van der Waals surface area contributed by atoms with Crippen LogP contribution < -0.4 is 0 Å². The number of nitrogens with zero attached hydrogens (tertiary/aromatic N) is 2. The van der Waals surface area contributed by atoms with Crippen molar-refractivity contribution in [1.29, 1.82) is 0 Å². The molecular weight excluding hydrogens is 460 g/mol. The Labute approximate surface area is 221 Å². The maximum Gasteiger partial charge on any atom is 0.160 e. The third kappa shape index (κ3) is 4.03. The Morgan fingerprint density at radius 2 is 0.789 bits per heavy atom. The van der Waals surface area contributed by atoms with Gasteiger partial charge in [-0.2, -0.15) is 0 Å². The third-order valence-electron chi connectivity index (χ3n) is 7.11. The molecule has 0 aliphatic carbocycles. The van der Waals surface area contributed by atoms with E-state index in [0.29, 0.717) is 0 Å². The van der Waals surface area contributed by atoms with Crippen LogP contribution in [0.25, 0.3) is 66.6 Å². The molecule has 6 aromatic carbocycles. The first-order chi connectivity index (χ1) is 18.8. The van der Waals surface area contributed by atoms with E-state index in [1.165, 1.54) is 32.7 Å². The molecule has 0 atom stereocenters. The van der Waals surface area contributed by atoms with E-state index in [1.54, 1.807) is 0 Å². The summed E-state index contributed by atoms with van der Waals surface area (Å²) in [6, 6.07) is 50.9. The maximum absolute atomic E-state index is 5.12. The SMILES string of the molecule is c1ccc(-c2ccc(-c3nc(-c4cccc5ccccc45)cc(-c4cccc5ccccc45)n3)cc2)cc1. The summed E-state index contributed by atoms with van der Waals surface area (Å²) >= 11 is 0. The lowest BCUT2D eigenvalue weighted by molar-refractivity contribution is 1.19. The van der Waals surface area contributed by atoms with Crippen LogP contribution in [-0.2, 0) is 0 Å². The zero-order valence-corrected chi connectivity index (χ0v) is 20.8. The van der Waals surface area contributed by atoms with Gasteiger partial charge in [-0.25, -0.2) is 9.97 Å². The van der Waals surface area contributed by atoms with Gasteiger partial charge in [-0.15, -0.1) is 0 Å². The smallest absolute Gasteiger partial charge is 0.160 e. The molecule has 0 N–H and O–H groups in total. The van der Waals surface area contributed by atoms with Crippen LogP contribution in [0.15, 0.2) is 146 Å². The number of rotatable bonds is 4. The Balaban J connectivity index is 1.44. The lowest BCUT2D eigenvalue weighted by Gasteiger charge is -2.13. The molecule has 7 rings (SSSR count). The minimum Gasteiger partial charge on any atom is -0.228 e. The zero-order chi connectivity index (χ0) is 25.3. The molecule has 0 aliphatic heterocycles. The van der Waals surface area contributed by atoms with Gasteiger partial charge < -0.3 is 0 Å². The fraction of sp³-hybridized carbons (Fsp3) is 0. The number of hydrogen-bond acceptors (Lipinski definition) is 2. The maximum atomic E-state index is 5.12. The topological polar surface area (TPSA) is 25.8 Å². The van der Waals surface area contributed by atoms with E-state index in [2.05, 4.69) is 140 Å². The van der Waals surface area contributed by atoms with Crippen LogP contribution in [-0.4, -0.2) is 9.97 Å². The van der Waals surface area contributed by atoms with Gasteiger partial charge in [0.2, 0.25) is 0 Å². The second-order valence-corrected chi connectivity index (χ2v) is 9.46. The van der Waals surface area contributed by atoms with Crippen LogP contribution in [0, 0.1) is 0 Å². The predicted octanol–water partition coefficient (Wildman–Crippen LogP) is 9.45. The molecular formula is C36H24N2. The molecule has 178 valence electrons. The number of benzene rings is 6. The summed E-state index contributed by atoms with van der Waals surface area (Å²) in [6.45, 7) is 0. The second kappa shape index (κ2) is 9.42. The van der Waals surface area contributed by atoms with E-state index in [9.17, 15) is 0 Å². The van der Waals surface area contributed by atoms with E-state index in [-0.39, 0.29) is 0 Å². The summed E-state index contributed by atoms with van der Waals surface area (Å²) in [6.07, 6.45) is 0. The Bertz CT molecular complexity index is 1800. The summed E-state index contributed by atoms with van der Waals surface area (Å²) in [7, 11) is 0. The van der Waals surface area contributed by atoms with E-state index in [0.717, 1.165) is 33.9 Å². The Morgan fingerprint density at radius 1 is 0.342 bits per heavy atom. The van der Waals surface area contributed by atoms with Gasteiger partial charge in [0.1, 0.15) is 0 Å². The van der Waals surface area contributed by atoms with Crippen molar-refractivity contribution in [2.24, 2.45) is 0 Å². The van der Waals surface area contributed by atoms with Crippen LogP contribution >= 0.6 is 0 Å². The van der Waals surface area contributed by atoms with Crippen LogP contribution in [0.4, 0.5) is 0 Å². The molecule has 2 heteroatoms. The fourth-order valence-electron chi connectivity index (χ4n) is 5.19. The van der Waals surface area contributed by atoms with Crippen molar-refractivity contribution < 1.29 is 0 Å². The third-order valence-corrected chi connectivity index (χ3v) is 7.11. The molecule has 1 heterocycles. The number of fused-ring (bicyclic) bond motifs is 2. The van der Waals surface area contributed by atoms with Gasteiger partial charge in [0.05, 0.1) is 11.4 Å². The molecule has 0 aliphatic rings. The first-order valence-corrected chi connectivity index (χ1v) is 12.8. The van der Waals surface area contributed by atoms with Gasteiger partial charge >= 0.3 is 0 Å². The van der Waals surface area contributed by atoms with Crippen molar-refractivity contribution >= 4 is 21.5 Å². The van der Waals surface area contributed by atoms with Gasteiger partial charge in [0.15, 0.2) is 5.82 Å². The molecule has 0 bridgehead atoms. The largest absolute Gasteiger partial charge is 0.228 e. The van der Waals surface area contributed by atoms with Crippen LogP contribution in [0.1, 0.15) is 0 Å². The average Bonchev–Trinajstić information content (AvgIpc) is 3.01. The highest BCUT2D eigenvalue weighted by Crippen LogP contribution is 2.34. The molecule has 38 heavy (non-hydrogen) atoms. The monoisotopic (exact) mass is 484 g/mol. The lowest BCUT2D eigenvalue weighted by atomic mass is 9.98. The Kier molecular flexibility index (Phi) is 5.49. The molecule has 7 aromatic rings. The van der Waals surface area contributed by atoms with E-state index >= 15 is 0 Å². The molecule has 0 amide bonds. The van der Waals surface area contributed by atoms with Gasteiger partial charge in [-0.1, -0.05) is 140 Å². The standard InChI is InChI=1S/C36H24N2/c1-2-10-25(11-3-1)26-20-22-29(23-21-26)36-37-34(32-18-8-14-27-12-4-6-16-30(27)32)24-35(38-36)33-19-9-15-28-13-5-7-17-31(28)33/h1-24H. The first kappa shape index (κ1) is 22.1. The molecule has 1 aromatic heterocycles. The van der Waals surface area contributed by atoms with E-state index in [4.69, 9.17) is 9.97 Å². The van der Waals surface area contributed by atoms with Crippen molar-refractivity contribution in [3.63, 3.8) is 0 Å². The fourth-order valence-corrected chi connectivity index (χ4v) is 5.19. The molecule has 0 saturated heterocycles. The van der Waals surface area contributed by atoms with Gasteiger partial charge in [-0.3, -0.25) is 0 Å². The minimum absolute atomic E-state index is 0.720. The van der Waals surface area contributed by atoms with Crippen molar-refractivity contribution in [3.05, 3.63) is 146 Å². The van der Waals surface area contributed by atoms with Gasteiger partial charge in [0.25, 0.3) is 0 Å². The first-order valence-electron chi connectivity index (χ1n) is 12.8. The highest BCUT2D eigenvalue weighted by atomic mass is 14.9. The number of hydrogen-bond donors (Lipinski definition) is 0. The Morgan fingerprint density at radius 3 is 1.37 bits per heavy atom. The highest BCUT2D eigenvalue weighted by molar-refractivity contribution is 5.99. The average molecular weight is 485 g/mol. The molecule has 0 radical (unpaired) electrons. The second-order valence-electron chi connectivity index (χ2n) is 9.46. The molecule has 0 fully saturated rings. The highest BCUT2D eigenvalue weighted by Gasteiger charge is 2.14. The molecule has 0 spiro atoms. The molecule has 0 saturated carbocycles. The summed E-state index contributed by atoms with van der Waals surface area (Å²) in [4.78, 5) is 10.2. The summed E-state index contributed by atoms with van der Waals surface area (Å²) in [5.41, 5.74) is 7.41. The minimum atomic E-state index is 0.720. The predicted molar refractivity (Wildman–Crippen MR) is 159 cm³/mol. The van der Waals surface area contributed by atoms with Crippen LogP contribution in [0.2, 0.25) is 0 Å². The van der Waals surface area contributed by atoms with Crippen molar-refractivity contribution in [2.45, 2.75) is 0 Å². The van der Waals surface area contributed by atoms with E-state index < -0.39 is 0 Å². The summed E-state index contributed by atoms with van der Waals surface area (Å²) < 4.78 is 0. The normalized spacial score (nSPS) is 11.2. The van der Waals surface area contributed by atoms with Gasteiger partial charge in [0, 0.05) is 16.7 Å². The summed E-state index contributed by atoms with van der Waals surface area (Å²) in [5, 5.41) is 4.76. The Hall–Kier alpha value is -5.08. The van der Waals surface area contributed by atoms with Crippen molar-refractivity contribution in [3.8, 4) is 45.0 Å². The number of aromatic nitrogens is 2. The molecule has 2 nitrogen and oxygen atoms in total. The zero-order valence-electron chi connectivity index (χ0n) is 20.8. The lowest BCUT2D eigenvalue weighted by Crippen LogP contribution is -1.97. The molecule has 0 unspecified atom stereocenters. The summed E-state index contributed by atoms with van der Waals surface area (Å²) in [5.74, 6) is 0.720. The van der Waals surface area contributed by atoms with Crippen molar-refractivity contribution in [1.82, 2.24) is 9.97 Å².